The molecule has 0 aliphatic heterocycles. The molecule has 0 unspecified atom stereocenters. The summed E-state index contributed by atoms with van der Waals surface area (Å²) in [6.45, 7) is 5.75. The highest BCUT2D eigenvalue weighted by atomic mass is 15.1. The summed E-state index contributed by atoms with van der Waals surface area (Å²) in [4.78, 5) is 2.12. The van der Waals surface area contributed by atoms with Crippen LogP contribution < -0.4 is 4.90 Å². The van der Waals surface area contributed by atoms with Gasteiger partial charge in [-0.2, -0.15) is 0 Å². The molecule has 1 heteroatoms. The number of allylic oxidation sites excluding steroid dienone is 6. The molecule has 0 aliphatic carbocycles. The Hall–Kier alpha value is -2.54. The van der Waals surface area contributed by atoms with Crippen LogP contribution in [-0.4, -0.2) is 14.1 Å². The largest absolute Gasteiger partial charge is 0.378 e. The van der Waals surface area contributed by atoms with Gasteiger partial charge in [0.2, 0.25) is 0 Å². The van der Waals surface area contributed by atoms with Gasteiger partial charge in [0.15, 0.2) is 0 Å². The van der Waals surface area contributed by atoms with Crippen molar-refractivity contribution in [3.8, 4) is 0 Å². The minimum absolute atomic E-state index is 1.21. The van der Waals surface area contributed by atoms with E-state index in [1.165, 1.54) is 27.6 Å². The zero-order valence-corrected chi connectivity index (χ0v) is 13.6. The van der Waals surface area contributed by atoms with E-state index in [4.69, 9.17) is 0 Å². The van der Waals surface area contributed by atoms with Gasteiger partial charge in [-0.25, -0.2) is 0 Å². The first-order valence-electron chi connectivity index (χ1n) is 7.45. The molecule has 112 valence electrons. The SMILES string of the molecule is C=C\C=C/C=C(C)/C=C/c1ccc2cc(N(C)C)ccc2c1. The molecule has 0 spiro atoms. The van der Waals surface area contributed by atoms with Gasteiger partial charge in [0.25, 0.3) is 0 Å². The summed E-state index contributed by atoms with van der Waals surface area (Å²) in [6, 6.07) is 13.1. The highest BCUT2D eigenvalue weighted by Crippen LogP contribution is 2.22. The van der Waals surface area contributed by atoms with Crippen molar-refractivity contribution in [3.63, 3.8) is 0 Å². The molecule has 0 heterocycles. The van der Waals surface area contributed by atoms with Gasteiger partial charge in [0, 0.05) is 19.8 Å². The van der Waals surface area contributed by atoms with E-state index in [0.717, 1.165) is 0 Å². The average molecular weight is 289 g/mol. The van der Waals surface area contributed by atoms with Crippen LogP contribution in [0.2, 0.25) is 0 Å². The fourth-order valence-corrected chi connectivity index (χ4v) is 2.20. The molecule has 0 saturated carbocycles. The molecule has 0 aromatic heterocycles. The van der Waals surface area contributed by atoms with Gasteiger partial charge >= 0.3 is 0 Å². The Kier molecular flexibility index (Phi) is 5.37. The Morgan fingerprint density at radius 1 is 1.00 bits per heavy atom. The summed E-state index contributed by atoms with van der Waals surface area (Å²) in [5.74, 6) is 0. The molecular weight excluding hydrogens is 266 g/mol. The summed E-state index contributed by atoms with van der Waals surface area (Å²) in [5.41, 5.74) is 3.65. The van der Waals surface area contributed by atoms with Gasteiger partial charge < -0.3 is 4.90 Å². The number of anilines is 1. The van der Waals surface area contributed by atoms with Crippen molar-refractivity contribution < 1.29 is 0 Å². The summed E-state index contributed by atoms with van der Waals surface area (Å²) < 4.78 is 0. The van der Waals surface area contributed by atoms with Gasteiger partial charge in [-0.3, -0.25) is 0 Å². The molecular formula is C21H23N. The zero-order valence-electron chi connectivity index (χ0n) is 13.6. The lowest BCUT2D eigenvalue weighted by Crippen LogP contribution is -2.07. The van der Waals surface area contributed by atoms with Crippen molar-refractivity contribution in [2.75, 3.05) is 19.0 Å². The predicted octanol–water partition coefficient (Wildman–Crippen LogP) is 5.61. The highest BCUT2D eigenvalue weighted by molar-refractivity contribution is 5.87. The predicted molar refractivity (Wildman–Crippen MR) is 100 cm³/mol. The molecule has 0 fully saturated rings. The van der Waals surface area contributed by atoms with Gasteiger partial charge in [0.1, 0.15) is 0 Å². The summed E-state index contributed by atoms with van der Waals surface area (Å²) in [5, 5.41) is 2.53. The van der Waals surface area contributed by atoms with Crippen molar-refractivity contribution in [2.45, 2.75) is 6.92 Å². The summed E-state index contributed by atoms with van der Waals surface area (Å²) in [7, 11) is 4.13. The van der Waals surface area contributed by atoms with Gasteiger partial charge in [-0.15, -0.1) is 0 Å². The van der Waals surface area contributed by atoms with Crippen LogP contribution in [0.25, 0.3) is 16.8 Å². The molecule has 2 aromatic carbocycles. The third-order valence-corrected chi connectivity index (χ3v) is 3.51. The second kappa shape index (κ2) is 7.46. The topological polar surface area (TPSA) is 3.24 Å². The van der Waals surface area contributed by atoms with Crippen molar-refractivity contribution in [1.29, 1.82) is 0 Å². The van der Waals surface area contributed by atoms with Crippen LogP contribution in [0, 0.1) is 0 Å². The van der Waals surface area contributed by atoms with Crippen molar-refractivity contribution >= 4 is 22.5 Å². The van der Waals surface area contributed by atoms with E-state index in [1.807, 2.05) is 12.2 Å². The Bertz CT molecular complexity index is 746. The molecule has 22 heavy (non-hydrogen) atoms. The summed E-state index contributed by atoms with van der Waals surface area (Å²) in [6.07, 6.45) is 12.0. The first-order chi connectivity index (χ1) is 10.6. The maximum Gasteiger partial charge on any atom is 0.0367 e. The number of hydrogen-bond acceptors (Lipinski definition) is 1. The number of nitrogens with zero attached hydrogens (tertiary/aromatic N) is 1. The standard InChI is InChI=1S/C21H23N/c1-5-6-7-8-17(2)9-10-18-11-12-20-16-21(22(3)4)14-13-19(20)15-18/h5-16H,1H2,2-4H3/b7-6-,10-9+,17-8+. The first-order valence-corrected chi connectivity index (χ1v) is 7.45. The number of rotatable bonds is 5. The molecule has 0 amide bonds. The van der Waals surface area contributed by atoms with Gasteiger partial charge in [-0.1, -0.05) is 66.8 Å². The van der Waals surface area contributed by atoms with Crippen LogP contribution in [0.5, 0.6) is 0 Å². The minimum atomic E-state index is 1.21. The first kappa shape index (κ1) is 15.8. The van der Waals surface area contributed by atoms with Crippen LogP contribution in [0.4, 0.5) is 5.69 Å². The number of hydrogen-bond donors (Lipinski definition) is 0. The molecule has 0 aliphatic rings. The molecule has 1 nitrogen and oxygen atoms in total. The monoisotopic (exact) mass is 289 g/mol. The Morgan fingerprint density at radius 3 is 2.45 bits per heavy atom. The van der Waals surface area contributed by atoms with E-state index < -0.39 is 0 Å². The maximum atomic E-state index is 3.66. The minimum Gasteiger partial charge on any atom is -0.378 e. The van der Waals surface area contributed by atoms with E-state index in [-0.39, 0.29) is 0 Å². The highest BCUT2D eigenvalue weighted by Gasteiger charge is 1.98. The lowest BCUT2D eigenvalue weighted by Gasteiger charge is -2.13. The normalized spacial score (nSPS) is 12.4. The van der Waals surface area contributed by atoms with E-state index in [1.54, 1.807) is 6.08 Å². The number of fused-ring (bicyclic) bond motifs is 1. The second-order valence-electron chi connectivity index (χ2n) is 5.55. The van der Waals surface area contributed by atoms with Crippen molar-refractivity contribution in [1.82, 2.24) is 0 Å². The molecule has 0 N–H and O–H groups in total. The molecule has 2 rings (SSSR count). The molecule has 0 atom stereocenters. The summed E-state index contributed by atoms with van der Waals surface area (Å²) >= 11 is 0. The molecule has 0 radical (unpaired) electrons. The second-order valence-corrected chi connectivity index (χ2v) is 5.55. The third-order valence-electron chi connectivity index (χ3n) is 3.51. The Labute approximate surface area is 133 Å². The average Bonchev–Trinajstić information content (AvgIpc) is 2.52. The Balaban J connectivity index is 2.23. The van der Waals surface area contributed by atoms with Crippen LogP contribution in [0.15, 0.2) is 78.9 Å². The van der Waals surface area contributed by atoms with Crippen LogP contribution >= 0.6 is 0 Å². The maximum absolute atomic E-state index is 3.66. The van der Waals surface area contributed by atoms with Crippen molar-refractivity contribution in [2.24, 2.45) is 0 Å². The van der Waals surface area contributed by atoms with Crippen LogP contribution in [0.3, 0.4) is 0 Å². The smallest absolute Gasteiger partial charge is 0.0367 e. The van der Waals surface area contributed by atoms with Crippen molar-refractivity contribution in [3.05, 3.63) is 84.5 Å². The van der Waals surface area contributed by atoms with E-state index in [9.17, 15) is 0 Å². The van der Waals surface area contributed by atoms with Gasteiger partial charge in [-0.05, 0) is 41.5 Å². The fourth-order valence-electron chi connectivity index (χ4n) is 2.20. The van der Waals surface area contributed by atoms with E-state index in [0.29, 0.717) is 0 Å². The van der Waals surface area contributed by atoms with Crippen LogP contribution in [-0.2, 0) is 0 Å². The molecule has 2 aromatic rings. The molecule has 0 saturated heterocycles. The lowest BCUT2D eigenvalue weighted by molar-refractivity contribution is 1.14. The van der Waals surface area contributed by atoms with Gasteiger partial charge in [0.05, 0.1) is 0 Å². The van der Waals surface area contributed by atoms with Crippen LogP contribution in [0.1, 0.15) is 12.5 Å². The zero-order chi connectivity index (χ0) is 15.9. The Morgan fingerprint density at radius 2 is 1.73 bits per heavy atom. The fraction of sp³-hybridized carbons (Fsp3) is 0.143. The number of benzene rings is 2. The molecule has 0 bridgehead atoms. The van der Waals surface area contributed by atoms with E-state index in [2.05, 4.69) is 87.1 Å². The lowest BCUT2D eigenvalue weighted by atomic mass is 10.1. The van der Waals surface area contributed by atoms with E-state index >= 15 is 0 Å². The quantitative estimate of drug-likeness (QED) is 0.647. The third kappa shape index (κ3) is 4.23.